The predicted octanol–water partition coefficient (Wildman–Crippen LogP) is 2.00. The maximum atomic E-state index is 12.0. The minimum Gasteiger partial charge on any atom is -0.481 e. The van der Waals surface area contributed by atoms with Gasteiger partial charge in [0.15, 0.2) is 0 Å². The van der Waals surface area contributed by atoms with Gasteiger partial charge in [-0.2, -0.15) is 0 Å². The molecule has 0 radical (unpaired) electrons. The van der Waals surface area contributed by atoms with Gasteiger partial charge in [-0.3, -0.25) is 9.48 Å². The lowest BCUT2D eigenvalue weighted by atomic mass is 10.3. The maximum absolute atomic E-state index is 12.0. The van der Waals surface area contributed by atoms with Crippen LogP contribution in [0.25, 0.3) is 0 Å². The molecule has 7 heteroatoms. The number of benzene rings is 1. The Morgan fingerprint density at radius 2 is 2.26 bits per heavy atom. The Hall–Kier alpha value is -2.46. The molecule has 0 fully saturated rings. The predicted molar refractivity (Wildman–Crippen MR) is 89.5 cm³/mol. The molecule has 2 rings (SSSR count). The van der Waals surface area contributed by atoms with Crippen molar-refractivity contribution in [2.75, 3.05) is 20.3 Å². The summed E-state index contributed by atoms with van der Waals surface area (Å²) in [5, 5.41) is 6.71. The number of ether oxygens (including phenoxy) is 2. The zero-order valence-corrected chi connectivity index (χ0v) is 14.4. The first-order chi connectivity index (χ1) is 11.1. The summed E-state index contributed by atoms with van der Waals surface area (Å²) >= 11 is 3.37. The molecule has 0 bridgehead atoms. The van der Waals surface area contributed by atoms with Crippen molar-refractivity contribution >= 4 is 21.8 Å². The van der Waals surface area contributed by atoms with E-state index in [1.807, 2.05) is 24.3 Å². The number of carbonyl (C=O) groups excluding carboxylic acids is 1. The molecule has 0 atom stereocenters. The van der Waals surface area contributed by atoms with Gasteiger partial charge in [-0.25, -0.2) is 0 Å². The van der Waals surface area contributed by atoms with Crippen molar-refractivity contribution in [3.8, 4) is 23.5 Å². The lowest BCUT2D eigenvalue weighted by molar-refractivity contribution is 0.0955. The number of rotatable bonds is 5. The molecule has 23 heavy (non-hydrogen) atoms. The lowest BCUT2D eigenvalue weighted by Crippen LogP contribution is -2.23. The molecule has 6 nitrogen and oxygen atoms in total. The highest BCUT2D eigenvalue weighted by molar-refractivity contribution is 9.10. The van der Waals surface area contributed by atoms with Gasteiger partial charge in [0.2, 0.25) is 5.88 Å². The number of halogens is 1. The Morgan fingerprint density at radius 3 is 3.00 bits per heavy atom. The van der Waals surface area contributed by atoms with Crippen LogP contribution in [-0.4, -0.2) is 35.9 Å². The van der Waals surface area contributed by atoms with Gasteiger partial charge >= 0.3 is 0 Å². The second-order valence-corrected chi connectivity index (χ2v) is 5.42. The van der Waals surface area contributed by atoms with Crippen LogP contribution in [0.2, 0.25) is 0 Å². The zero-order valence-electron chi connectivity index (χ0n) is 12.8. The minimum atomic E-state index is -0.280. The van der Waals surface area contributed by atoms with Crippen molar-refractivity contribution in [3.05, 3.63) is 40.5 Å². The summed E-state index contributed by atoms with van der Waals surface area (Å²) in [4.78, 5) is 12.0. The third-order valence-electron chi connectivity index (χ3n) is 2.80. The van der Waals surface area contributed by atoms with Gasteiger partial charge in [0.25, 0.3) is 5.91 Å². The molecule has 0 saturated heterocycles. The summed E-state index contributed by atoms with van der Waals surface area (Å²) in [6.07, 6.45) is 1.60. The number of aromatic nitrogens is 2. The van der Waals surface area contributed by atoms with Crippen LogP contribution in [-0.2, 0) is 7.05 Å². The average molecular weight is 378 g/mol. The summed E-state index contributed by atoms with van der Waals surface area (Å²) in [5.74, 6) is 6.41. The van der Waals surface area contributed by atoms with E-state index in [0.717, 1.165) is 10.2 Å². The van der Waals surface area contributed by atoms with E-state index >= 15 is 0 Å². The number of methoxy groups -OCH3 is 1. The Kier molecular flexibility index (Phi) is 6.06. The van der Waals surface area contributed by atoms with Gasteiger partial charge in [-0.05, 0) is 18.2 Å². The van der Waals surface area contributed by atoms with E-state index in [0.29, 0.717) is 5.56 Å². The highest BCUT2D eigenvalue weighted by atomic mass is 79.9. The number of nitrogens with one attached hydrogen (secondary N) is 1. The molecule has 120 valence electrons. The number of hydrogen-bond donors (Lipinski definition) is 1. The van der Waals surface area contributed by atoms with Gasteiger partial charge in [-0.1, -0.05) is 33.8 Å². The van der Waals surface area contributed by atoms with E-state index in [-0.39, 0.29) is 24.9 Å². The second-order valence-electron chi connectivity index (χ2n) is 4.51. The summed E-state index contributed by atoms with van der Waals surface area (Å²) in [6, 6.07) is 7.51. The van der Waals surface area contributed by atoms with Crippen LogP contribution in [0.3, 0.4) is 0 Å². The van der Waals surface area contributed by atoms with Gasteiger partial charge in [0, 0.05) is 17.7 Å². The Morgan fingerprint density at radius 1 is 1.43 bits per heavy atom. The number of aryl methyl sites for hydroxylation is 1. The van der Waals surface area contributed by atoms with E-state index in [1.54, 1.807) is 13.2 Å². The molecule has 1 amide bonds. The van der Waals surface area contributed by atoms with Gasteiger partial charge in [-0.15, -0.1) is 5.10 Å². The fourth-order valence-corrected chi connectivity index (χ4v) is 2.16. The SMILES string of the molecule is COc1nn(C)cc1C(=O)NCC#CCOc1cccc(Br)c1. The molecule has 1 aromatic heterocycles. The smallest absolute Gasteiger partial charge is 0.259 e. The Bertz CT molecular complexity index is 747. The fraction of sp³-hybridized carbons (Fsp3) is 0.250. The highest BCUT2D eigenvalue weighted by Gasteiger charge is 2.15. The van der Waals surface area contributed by atoms with Crippen LogP contribution in [0, 0.1) is 11.8 Å². The van der Waals surface area contributed by atoms with Gasteiger partial charge in [0.05, 0.1) is 13.7 Å². The molecule has 1 N–H and O–H groups in total. The van der Waals surface area contributed by atoms with E-state index in [1.165, 1.54) is 11.8 Å². The van der Waals surface area contributed by atoms with Crippen molar-refractivity contribution in [2.45, 2.75) is 0 Å². The van der Waals surface area contributed by atoms with Crippen LogP contribution in [0.4, 0.5) is 0 Å². The number of hydrogen-bond acceptors (Lipinski definition) is 4. The van der Waals surface area contributed by atoms with E-state index in [4.69, 9.17) is 9.47 Å². The van der Waals surface area contributed by atoms with Crippen LogP contribution < -0.4 is 14.8 Å². The topological polar surface area (TPSA) is 65.4 Å². The third kappa shape index (κ3) is 5.04. The fourth-order valence-electron chi connectivity index (χ4n) is 1.78. The summed E-state index contributed by atoms with van der Waals surface area (Å²) in [6.45, 7) is 0.473. The standard InChI is InChI=1S/C16H16BrN3O3/c1-20-11-14(16(19-20)22-2)15(21)18-8-3-4-9-23-13-7-5-6-12(17)10-13/h5-7,10-11H,8-9H2,1-2H3,(H,18,21). The van der Waals surface area contributed by atoms with E-state index in [9.17, 15) is 4.79 Å². The molecule has 0 aliphatic heterocycles. The van der Waals surface area contributed by atoms with Crippen LogP contribution in [0.15, 0.2) is 34.9 Å². The van der Waals surface area contributed by atoms with Crippen molar-refractivity contribution in [3.63, 3.8) is 0 Å². The summed E-state index contributed by atoms with van der Waals surface area (Å²) in [7, 11) is 3.19. The summed E-state index contributed by atoms with van der Waals surface area (Å²) in [5.41, 5.74) is 0.377. The molecule has 0 aliphatic carbocycles. The van der Waals surface area contributed by atoms with Crippen LogP contribution in [0.5, 0.6) is 11.6 Å². The van der Waals surface area contributed by atoms with Crippen molar-refractivity contribution in [2.24, 2.45) is 7.05 Å². The molecule has 0 spiro atoms. The molecule has 1 aromatic carbocycles. The summed E-state index contributed by atoms with van der Waals surface area (Å²) < 4.78 is 13.0. The molecule has 1 heterocycles. The number of nitrogens with zero attached hydrogens (tertiary/aromatic N) is 2. The first-order valence-electron chi connectivity index (χ1n) is 6.80. The average Bonchev–Trinajstić information content (AvgIpc) is 2.91. The quantitative estimate of drug-likeness (QED) is 0.809. The monoisotopic (exact) mass is 377 g/mol. The molecular weight excluding hydrogens is 362 g/mol. The Balaban J connectivity index is 1.78. The molecule has 0 aliphatic rings. The van der Waals surface area contributed by atoms with Gasteiger partial charge < -0.3 is 14.8 Å². The first-order valence-corrected chi connectivity index (χ1v) is 7.59. The molecule has 2 aromatic rings. The third-order valence-corrected chi connectivity index (χ3v) is 3.30. The largest absolute Gasteiger partial charge is 0.481 e. The first kappa shape index (κ1) is 16.9. The van der Waals surface area contributed by atoms with E-state index < -0.39 is 0 Å². The molecule has 0 saturated carbocycles. The highest BCUT2D eigenvalue weighted by Crippen LogP contribution is 2.17. The normalized spacial score (nSPS) is 9.70. The van der Waals surface area contributed by atoms with Crippen LogP contribution in [0.1, 0.15) is 10.4 Å². The molecule has 0 unspecified atom stereocenters. The number of carbonyl (C=O) groups is 1. The van der Waals surface area contributed by atoms with Crippen molar-refractivity contribution in [1.29, 1.82) is 0 Å². The Labute approximate surface area is 142 Å². The second kappa shape index (κ2) is 8.25. The van der Waals surface area contributed by atoms with Gasteiger partial charge in [0.1, 0.15) is 17.9 Å². The maximum Gasteiger partial charge on any atom is 0.259 e. The zero-order chi connectivity index (χ0) is 16.7. The van der Waals surface area contributed by atoms with Crippen molar-refractivity contribution in [1.82, 2.24) is 15.1 Å². The minimum absolute atomic E-state index is 0.221. The lowest BCUT2D eigenvalue weighted by Gasteiger charge is -2.02. The van der Waals surface area contributed by atoms with Crippen LogP contribution >= 0.6 is 15.9 Å². The van der Waals surface area contributed by atoms with E-state index in [2.05, 4.69) is 38.2 Å². The molecular formula is C16H16BrN3O3. The van der Waals surface area contributed by atoms with Crippen molar-refractivity contribution < 1.29 is 14.3 Å². The number of amides is 1.